The van der Waals surface area contributed by atoms with E-state index in [0.717, 1.165) is 0 Å². The molecular weight excluding hydrogens is 261 g/mol. The lowest BCUT2D eigenvalue weighted by Gasteiger charge is -2.33. The molecule has 5 nitrogen and oxygen atoms in total. The van der Waals surface area contributed by atoms with Crippen molar-refractivity contribution >= 4 is 11.9 Å². The number of rotatable bonds is 2. The molecule has 1 aliphatic heterocycles. The molecule has 1 atom stereocenters. The van der Waals surface area contributed by atoms with E-state index in [1.807, 2.05) is 5.32 Å². The van der Waals surface area contributed by atoms with Crippen molar-refractivity contribution in [3.63, 3.8) is 0 Å². The Morgan fingerprint density at radius 3 is 2.68 bits per heavy atom. The highest BCUT2D eigenvalue weighted by atomic mass is 19.4. The SMILES string of the molecule is O=C(NC1CCCN(c2ncccn2)C1)C(F)(F)F. The Morgan fingerprint density at radius 1 is 1.37 bits per heavy atom. The smallest absolute Gasteiger partial charge is 0.344 e. The fraction of sp³-hybridized carbons (Fsp3) is 0.545. The van der Waals surface area contributed by atoms with Crippen LogP contribution in [0.15, 0.2) is 18.5 Å². The van der Waals surface area contributed by atoms with Gasteiger partial charge in [0.15, 0.2) is 0 Å². The second kappa shape index (κ2) is 5.41. The van der Waals surface area contributed by atoms with Crippen LogP contribution in [-0.2, 0) is 4.79 Å². The molecule has 0 aliphatic carbocycles. The summed E-state index contributed by atoms with van der Waals surface area (Å²) in [6, 6.07) is 1.13. The van der Waals surface area contributed by atoms with Gasteiger partial charge in [0.05, 0.1) is 0 Å². The summed E-state index contributed by atoms with van der Waals surface area (Å²) in [6.07, 6.45) is -0.502. The van der Waals surface area contributed by atoms with Gasteiger partial charge in [-0.05, 0) is 18.9 Å². The Hall–Kier alpha value is -1.86. The van der Waals surface area contributed by atoms with E-state index in [1.165, 1.54) is 0 Å². The van der Waals surface area contributed by atoms with Gasteiger partial charge in [0.2, 0.25) is 5.95 Å². The minimum atomic E-state index is -4.84. The zero-order valence-electron chi connectivity index (χ0n) is 10.0. The number of carbonyl (C=O) groups excluding carboxylic acids is 1. The summed E-state index contributed by atoms with van der Waals surface area (Å²) in [5.74, 6) is -1.43. The molecular formula is C11H13F3N4O. The largest absolute Gasteiger partial charge is 0.471 e. The lowest BCUT2D eigenvalue weighted by Crippen LogP contribution is -2.51. The average Bonchev–Trinajstić information content (AvgIpc) is 2.39. The second-order valence-corrected chi connectivity index (χ2v) is 4.31. The monoisotopic (exact) mass is 274 g/mol. The molecule has 1 fully saturated rings. The third kappa shape index (κ3) is 3.55. The zero-order valence-corrected chi connectivity index (χ0v) is 10.0. The number of piperidine rings is 1. The first-order valence-electron chi connectivity index (χ1n) is 5.86. The predicted octanol–water partition coefficient (Wildman–Crippen LogP) is 1.12. The summed E-state index contributed by atoms with van der Waals surface area (Å²) in [4.78, 5) is 20.7. The number of carbonyl (C=O) groups is 1. The molecule has 2 rings (SSSR count). The summed E-state index contributed by atoms with van der Waals surface area (Å²) in [7, 11) is 0. The van der Waals surface area contributed by atoms with E-state index in [2.05, 4.69) is 9.97 Å². The van der Waals surface area contributed by atoms with Crippen LogP contribution < -0.4 is 10.2 Å². The molecule has 1 saturated heterocycles. The van der Waals surface area contributed by atoms with Crippen LogP contribution in [0.4, 0.5) is 19.1 Å². The van der Waals surface area contributed by atoms with Gasteiger partial charge < -0.3 is 10.2 Å². The van der Waals surface area contributed by atoms with Gasteiger partial charge in [-0.15, -0.1) is 0 Å². The van der Waals surface area contributed by atoms with Crippen molar-refractivity contribution in [1.82, 2.24) is 15.3 Å². The van der Waals surface area contributed by atoms with Crippen LogP contribution in [0.1, 0.15) is 12.8 Å². The Bertz CT molecular complexity index is 437. The van der Waals surface area contributed by atoms with E-state index in [-0.39, 0.29) is 6.54 Å². The Labute approximate surface area is 107 Å². The lowest BCUT2D eigenvalue weighted by molar-refractivity contribution is -0.174. The summed E-state index contributed by atoms with van der Waals surface area (Å²) in [5, 5.41) is 2.00. The maximum absolute atomic E-state index is 12.2. The number of anilines is 1. The third-order valence-corrected chi connectivity index (χ3v) is 2.85. The van der Waals surface area contributed by atoms with Gasteiger partial charge in [-0.3, -0.25) is 4.79 Å². The number of hydrogen-bond donors (Lipinski definition) is 1. The Morgan fingerprint density at radius 2 is 2.05 bits per heavy atom. The van der Waals surface area contributed by atoms with E-state index in [4.69, 9.17) is 0 Å². The summed E-state index contributed by atoms with van der Waals surface area (Å²) in [6.45, 7) is 0.953. The second-order valence-electron chi connectivity index (χ2n) is 4.31. The number of hydrogen-bond acceptors (Lipinski definition) is 4. The molecule has 19 heavy (non-hydrogen) atoms. The van der Waals surface area contributed by atoms with Crippen molar-refractivity contribution in [1.29, 1.82) is 0 Å². The molecule has 0 saturated carbocycles. The van der Waals surface area contributed by atoms with Crippen molar-refractivity contribution < 1.29 is 18.0 Å². The van der Waals surface area contributed by atoms with Gasteiger partial charge in [-0.2, -0.15) is 13.2 Å². The van der Waals surface area contributed by atoms with Gasteiger partial charge in [-0.1, -0.05) is 0 Å². The van der Waals surface area contributed by atoms with E-state index in [9.17, 15) is 18.0 Å². The number of amides is 1. The van der Waals surface area contributed by atoms with Gasteiger partial charge in [0, 0.05) is 31.5 Å². The first kappa shape index (κ1) is 13.6. The minimum absolute atomic E-state index is 0.284. The first-order valence-corrected chi connectivity index (χ1v) is 5.86. The Balaban J connectivity index is 1.96. The highest BCUT2D eigenvalue weighted by Crippen LogP contribution is 2.18. The van der Waals surface area contributed by atoms with Crippen molar-refractivity contribution in [2.75, 3.05) is 18.0 Å². The fourth-order valence-electron chi connectivity index (χ4n) is 2.00. The van der Waals surface area contributed by atoms with Crippen LogP contribution in [0.5, 0.6) is 0 Å². The molecule has 1 N–H and O–H groups in total. The summed E-state index contributed by atoms with van der Waals surface area (Å²) >= 11 is 0. The lowest BCUT2D eigenvalue weighted by atomic mass is 10.1. The standard InChI is InChI=1S/C11H13F3N4O/c12-11(13,14)9(19)17-8-3-1-6-18(7-8)10-15-4-2-5-16-10/h2,4-5,8H,1,3,6-7H2,(H,17,19). The minimum Gasteiger partial charge on any atom is -0.344 e. The van der Waals surface area contributed by atoms with Crippen LogP contribution in [-0.4, -0.2) is 41.2 Å². The average molecular weight is 274 g/mol. The molecule has 0 aromatic carbocycles. The topological polar surface area (TPSA) is 58.1 Å². The molecule has 1 unspecified atom stereocenters. The number of aromatic nitrogens is 2. The molecule has 1 aromatic rings. The summed E-state index contributed by atoms with van der Waals surface area (Å²) in [5.41, 5.74) is 0. The fourth-order valence-corrected chi connectivity index (χ4v) is 2.00. The van der Waals surface area contributed by atoms with Crippen LogP contribution in [0.3, 0.4) is 0 Å². The van der Waals surface area contributed by atoms with Gasteiger partial charge >= 0.3 is 12.1 Å². The Kier molecular flexibility index (Phi) is 3.87. The van der Waals surface area contributed by atoms with Crippen LogP contribution in [0, 0.1) is 0 Å². The maximum atomic E-state index is 12.2. The highest BCUT2D eigenvalue weighted by Gasteiger charge is 2.40. The van der Waals surface area contributed by atoms with Crippen molar-refractivity contribution in [2.24, 2.45) is 0 Å². The van der Waals surface area contributed by atoms with Crippen LogP contribution >= 0.6 is 0 Å². The van der Waals surface area contributed by atoms with Crippen LogP contribution in [0.2, 0.25) is 0 Å². The van der Waals surface area contributed by atoms with Gasteiger partial charge in [0.1, 0.15) is 0 Å². The number of halogens is 3. The van der Waals surface area contributed by atoms with E-state index in [1.54, 1.807) is 23.4 Å². The van der Waals surface area contributed by atoms with Crippen molar-refractivity contribution in [3.05, 3.63) is 18.5 Å². The number of nitrogens with zero attached hydrogens (tertiary/aromatic N) is 3. The van der Waals surface area contributed by atoms with Gasteiger partial charge in [0.25, 0.3) is 0 Å². The van der Waals surface area contributed by atoms with E-state index in [0.29, 0.717) is 25.3 Å². The predicted molar refractivity (Wildman–Crippen MR) is 61.5 cm³/mol. The molecule has 0 radical (unpaired) electrons. The molecule has 1 aromatic heterocycles. The molecule has 2 heterocycles. The van der Waals surface area contributed by atoms with Crippen LogP contribution in [0.25, 0.3) is 0 Å². The maximum Gasteiger partial charge on any atom is 0.471 e. The number of alkyl halides is 3. The molecule has 104 valence electrons. The third-order valence-electron chi connectivity index (χ3n) is 2.85. The molecule has 0 spiro atoms. The van der Waals surface area contributed by atoms with E-state index >= 15 is 0 Å². The number of nitrogens with one attached hydrogen (secondary N) is 1. The zero-order chi connectivity index (χ0) is 13.9. The first-order chi connectivity index (χ1) is 8.97. The quantitative estimate of drug-likeness (QED) is 0.878. The molecule has 1 aliphatic rings. The molecule has 8 heteroatoms. The van der Waals surface area contributed by atoms with Crippen molar-refractivity contribution in [3.8, 4) is 0 Å². The van der Waals surface area contributed by atoms with Gasteiger partial charge in [-0.25, -0.2) is 9.97 Å². The van der Waals surface area contributed by atoms with Crippen molar-refractivity contribution in [2.45, 2.75) is 25.1 Å². The summed E-state index contributed by atoms with van der Waals surface area (Å²) < 4.78 is 36.5. The molecule has 1 amide bonds. The molecule has 0 bridgehead atoms. The van der Waals surface area contributed by atoms with E-state index < -0.39 is 18.1 Å². The highest BCUT2D eigenvalue weighted by molar-refractivity contribution is 5.82. The normalized spacial score (nSPS) is 20.2.